The standard InChI is InChI=1S/C51H28N4OS2/c1-2-13-29(14-3-1)49-52-50(37-20-12-19-35-33-17-6-10-23-42(33)56-46(35)37)54-51(53-49)39-28-30(55-40-21-8-4-15-31(40)32-16-5-9-22-41(32)55)27-38-45-44(58-47(38)39)26-25-36-34-18-7-11-24-43(34)57-48(36)45/h1-28H. The van der Waals surface area contributed by atoms with Crippen molar-refractivity contribution in [3.8, 4) is 39.9 Å². The van der Waals surface area contributed by atoms with Gasteiger partial charge in [0, 0.05) is 78.7 Å². The molecule has 0 aliphatic rings. The first-order valence-electron chi connectivity index (χ1n) is 19.3. The minimum absolute atomic E-state index is 0.567. The number of nitrogens with zero attached hydrogens (tertiary/aromatic N) is 4. The van der Waals surface area contributed by atoms with Crippen LogP contribution in [0.2, 0.25) is 0 Å². The van der Waals surface area contributed by atoms with Gasteiger partial charge in [0.2, 0.25) is 0 Å². The van der Waals surface area contributed by atoms with Gasteiger partial charge in [-0.25, -0.2) is 15.0 Å². The number of benzene rings is 8. The van der Waals surface area contributed by atoms with Crippen LogP contribution in [0.3, 0.4) is 0 Å². The third-order valence-corrected chi connectivity index (χ3v) is 13.9. The molecule has 0 bridgehead atoms. The van der Waals surface area contributed by atoms with E-state index in [4.69, 9.17) is 19.4 Å². The van der Waals surface area contributed by atoms with Crippen molar-refractivity contribution in [3.05, 3.63) is 170 Å². The Kier molecular flexibility index (Phi) is 6.70. The van der Waals surface area contributed by atoms with Gasteiger partial charge in [-0.2, -0.15) is 0 Å². The van der Waals surface area contributed by atoms with Crippen molar-refractivity contribution < 1.29 is 4.42 Å². The van der Waals surface area contributed by atoms with E-state index in [0.29, 0.717) is 17.5 Å². The maximum absolute atomic E-state index is 6.55. The molecule has 270 valence electrons. The Morgan fingerprint density at radius 1 is 0.414 bits per heavy atom. The van der Waals surface area contributed by atoms with E-state index in [9.17, 15) is 0 Å². The normalized spacial score (nSPS) is 12.1. The average Bonchev–Trinajstić information content (AvgIpc) is 4.05. The molecule has 5 heterocycles. The highest BCUT2D eigenvalue weighted by Gasteiger charge is 2.23. The predicted molar refractivity (Wildman–Crippen MR) is 244 cm³/mol. The van der Waals surface area contributed by atoms with Gasteiger partial charge in [-0.1, -0.05) is 121 Å². The fourth-order valence-electron chi connectivity index (χ4n) is 8.88. The summed E-state index contributed by atoms with van der Waals surface area (Å²) < 4.78 is 13.9. The Bertz CT molecular complexity index is 3760. The number of hydrogen-bond acceptors (Lipinski definition) is 6. The third-order valence-electron chi connectivity index (χ3n) is 11.5. The summed E-state index contributed by atoms with van der Waals surface area (Å²) in [6.07, 6.45) is 0. The quantitative estimate of drug-likeness (QED) is 0.179. The molecule has 0 saturated carbocycles. The second-order valence-electron chi connectivity index (χ2n) is 14.7. The minimum Gasteiger partial charge on any atom is -0.455 e. The van der Waals surface area contributed by atoms with Crippen LogP contribution in [-0.2, 0) is 0 Å². The molecule has 5 aromatic heterocycles. The lowest BCUT2D eigenvalue weighted by atomic mass is 10.0. The summed E-state index contributed by atoms with van der Waals surface area (Å²) in [7, 11) is 0. The Hall–Kier alpha value is -7.19. The van der Waals surface area contributed by atoms with Crippen LogP contribution in [-0.4, -0.2) is 19.5 Å². The number of rotatable bonds is 4. The molecule has 0 aliphatic carbocycles. The molecule has 13 rings (SSSR count). The summed E-state index contributed by atoms with van der Waals surface area (Å²) in [5.74, 6) is 1.79. The molecule has 0 unspecified atom stereocenters. The van der Waals surface area contributed by atoms with Crippen LogP contribution in [0.25, 0.3) is 124 Å². The molecule has 7 heteroatoms. The number of thiophene rings is 2. The van der Waals surface area contributed by atoms with E-state index in [2.05, 4.69) is 138 Å². The van der Waals surface area contributed by atoms with Crippen molar-refractivity contribution >= 4 is 107 Å². The van der Waals surface area contributed by atoms with Crippen LogP contribution >= 0.6 is 22.7 Å². The first kappa shape index (κ1) is 32.0. The van der Waals surface area contributed by atoms with Gasteiger partial charge in [-0.05, 0) is 48.5 Å². The maximum Gasteiger partial charge on any atom is 0.167 e. The van der Waals surface area contributed by atoms with Crippen molar-refractivity contribution in [3.63, 3.8) is 0 Å². The van der Waals surface area contributed by atoms with Crippen molar-refractivity contribution in [1.82, 2.24) is 19.5 Å². The summed E-state index contributed by atoms with van der Waals surface area (Å²) in [6.45, 7) is 0. The lowest BCUT2D eigenvalue weighted by Gasteiger charge is -2.13. The second kappa shape index (κ2) is 12.2. The summed E-state index contributed by atoms with van der Waals surface area (Å²) in [5, 5.41) is 9.56. The lowest BCUT2D eigenvalue weighted by molar-refractivity contribution is 0.669. The highest BCUT2D eigenvalue weighted by Crippen LogP contribution is 2.48. The summed E-state index contributed by atoms with van der Waals surface area (Å²) in [4.78, 5) is 15.9. The van der Waals surface area contributed by atoms with Crippen molar-refractivity contribution in [2.24, 2.45) is 0 Å². The molecule has 0 atom stereocenters. The van der Waals surface area contributed by atoms with Crippen LogP contribution in [0.1, 0.15) is 0 Å². The van der Waals surface area contributed by atoms with E-state index in [1.165, 1.54) is 46.4 Å². The Morgan fingerprint density at radius 3 is 1.86 bits per heavy atom. The SMILES string of the molecule is c1ccc(-c2nc(-c3cccc4c3oc3ccccc34)nc(-c3cc(-n4c5ccccc5c5ccccc54)cc4c3sc3ccc5c6ccccc6sc5c34)n2)cc1. The maximum atomic E-state index is 6.55. The van der Waals surface area contributed by atoms with Crippen LogP contribution < -0.4 is 0 Å². The van der Waals surface area contributed by atoms with E-state index >= 15 is 0 Å². The fraction of sp³-hybridized carbons (Fsp3) is 0. The number of hydrogen-bond donors (Lipinski definition) is 0. The number of para-hydroxylation sites is 4. The van der Waals surface area contributed by atoms with Crippen LogP contribution in [0.15, 0.2) is 174 Å². The zero-order chi connectivity index (χ0) is 37.9. The Labute approximate surface area is 338 Å². The molecule has 0 aliphatic heterocycles. The molecule has 8 aromatic carbocycles. The highest BCUT2D eigenvalue weighted by molar-refractivity contribution is 7.30. The molecular weight excluding hydrogens is 749 g/mol. The van der Waals surface area contributed by atoms with Crippen molar-refractivity contribution in [2.45, 2.75) is 0 Å². The number of aromatic nitrogens is 4. The monoisotopic (exact) mass is 776 g/mol. The van der Waals surface area contributed by atoms with Gasteiger partial charge < -0.3 is 8.98 Å². The van der Waals surface area contributed by atoms with Gasteiger partial charge in [0.1, 0.15) is 11.2 Å². The smallest absolute Gasteiger partial charge is 0.167 e. The summed E-state index contributed by atoms with van der Waals surface area (Å²) >= 11 is 3.68. The molecule has 0 N–H and O–H groups in total. The van der Waals surface area contributed by atoms with Crippen LogP contribution in [0.5, 0.6) is 0 Å². The van der Waals surface area contributed by atoms with E-state index in [0.717, 1.165) is 60.0 Å². The molecule has 0 radical (unpaired) electrons. The topological polar surface area (TPSA) is 56.7 Å². The molecule has 0 spiro atoms. The third kappa shape index (κ3) is 4.60. The van der Waals surface area contributed by atoms with E-state index in [1.54, 1.807) is 0 Å². The van der Waals surface area contributed by atoms with Gasteiger partial charge in [0.05, 0.1) is 16.6 Å². The summed E-state index contributed by atoms with van der Waals surface area (Å²) in [5.41, 5.74) is 7.66. The molecule has 13 aromatic rings. The first-order valence-corrected chi connectivity index (χ1v) is 20.9. The van der Waals surface area contributed by atoms with Crippen LogP contribution in [0.4, 0.5) is 0 Å². The van der Waals surface area contributed by atoms with Gasteiger partial charge in [0.25, 0.3) is 0 Å². The average molecular weight is 777 g/mol. The van der Waals surface area contributed by atoms with E-state index < -0.39 is 0 Å². The molecule has 0 amide bonds. The van der Waals surface area contributed by atoms with E-state index in [-0.39, 0.29) is 0 Å². The highest BCUT2D eigenvalue weighted by atomic mass is 32.1. The minimum atomic E-state index is 0.567. The van der Waals surface area contributed by atoms with Crippen molar-refractivity contribution in [2.75, 3.05) is 0 Å². The Morgan fingerprint density at radius 2 is 1.05 bits per heavy atom. The Balaban J connectivity index is 1.17. The predicted octanol–water partition coefficient (Wildman–Crippen LogP) is 14.6. The molecule has 5 nitrogen and oxygen atoms in total. The van der Waals surface area contributed by atoms with E-state index in [1.807, 2.05) is 59.1 Å². The van der Waals surface area contributed by atoms with Gasteiger partial charge in [0.15, 0.2) is 17.5 Å². The first-order chi connectivity index (χ1) is 28.7. The number of furan rings is 1. The molecule has 58 heavy (non-hydrogen) atoms. The molecule has 0 fully saturated rings. The fourth-order valence-corrected chi connectivity index (χ4v) is 11.4. The second-order valence-corrected chi connectivity index (χ2v) is 16.8. The molecular formula is C51H28N4OS2. The summed E-state index contributed by atoms with van der Waals surface area (Å²) in [6, 6.07) is 60.0. The zero-order valence-corrected chi connectivity index (χ0v) is 32.3. The van der Waals surface area contributed by atoms with Crippen LogP contribution in [0, 0.1) is 0 Å². The zero-order valence-electron chi connectivity index (χ0n) is 30.7. The van der Waals surface area contributed by atoms with Gasteiger partial charge in [-0.15, -0.1) is 22.7 Å². The molecule has 0 saturated heterocycles. The largest absolute Gasteiger partial charge is 0.455 e. The van der Waals surface area contributed by atoms with Gasteiger partial charge in [-0.3, -0.25) is 0 Å². The van der Waals surface area contributed by atoms with Crippen molar-refractivity contribution in [1.29, 1.82) is 0 Å². The lowest BCUT2D eigenvalue weighted by Crippen LogP contribution is -2.01. The van der Waals surface area contributed by atoms with Gasteiger partial charge >= 0.3 is 0 Å². The number of fused-ring (bicyclic) bond motifs is 13.